The van der Waals surface area contributed by atoms with E-state index in [9.17, 15) is 14.9 Å². The van der Waals surface area contributed by atoms with Crippen LogP contribution in [0.15, 0.2) is 24.3 Å². The van der Waals surface area contributed by atoms with Gasteiger partial charge in [0.1, 0.15) is 18.0 Å². The van der Waals surface area contributed by atoms with E-state index in [-0.39, 0.29) is 23.8 Å². The summed E-state index contributed by atoms with van der Waals surface area (Å²) in [7, 11) is -1.27. The van der Waals surface area contributed by atoms with Gasteiger partial charge in [-0.3, -0.25) is 15.4 Å². The van der Waals surface area contributed by atoms with Crippen molar-refractivity contribution in [3.63, 3.8) is 0 Å². The van der Waals surface area contributed by atoms with Gasteiger partial charge in [-0.1, -0.05) is 37.8 Å². The molecule has 0 unspecified atom stereocenters. The number of nitrogens with one attached hydrogen (secondary N) is 1. The first-order chi connectivity index (χ1) is 14.3. The van der Waals surface area contributed by atoms with E-state index < -0.39 is 24.7 Å². The number of benzene rings is 1. The molecule has 0 saturated carbocycles. The Balaban J connectivity index is 2.40. The molecule has 1 amide bonds. The van der Waals surface area contributed by atoms with Crippen LogP contribution in [0.25, 0.3) is 11.3 Å². The molecule has 0 aliphatic heterocycles. The zero-order valence-electron chi connectivity index (χ0n) is 19.3. The van der Waals surface area contributed by atoms with Crippen molar-refractivity contribution >= 4 is 25.5 Å². The van der Waals surface area contributed by atoms with Crippen LogP contribution < -0.4 is 5.32 Å². The van der Waals surface area contributed by atoms with Crippen LogP contribution in [0.4, 0.5) is 16.2 Å². The Morgan fingerprint density at radius 2 is 1.90 bits per heavy atom. The van der Waals surface area contributed by atoms with Crippen molar-refractivity contribution in [2.24, 2.45) is 0 Å². The van der Waals surface area contributed by atoms with E-state index in [0.29, 0.717) is 17.9 Å². The number of ether oxygens (including phenoxy) is 2. The predicted molar refractivity (Wildman–Crippen MR) is 123 cm³/mol. The van der Waals surface area contributed by atoms with E-state index in [1.807, 2.05) is 0 Å². The first-order valence-electron chi connectivity index (χ1n) is 10.2. The highest BCUT2D eigenvalue weighted by Crippen LogP contribution is 2.37. The van der Waals surface area contributed by atoms with Crippen molar-refractivity contribution in [3.8, 4) is 11.3 Å². The highest BCUT2D eigenvalue weighted by Gasteiger charge is 2.29. The molecule has 0 aliphatic carbocycles. The van der Waals surface area contributed by atoms with Crippen LogP contribution in [0.5, 0.6) is 0 Å². The molecule has 10 heteroatoms. The summed E-state index contributed by atoms with van der Waals surface area (Å²) in [5, 5.41) is 18.9. The SMILES string of the molecule is Cc1nn(COCC[Si](C)(C)C)c(-c2ccccc2NC(=O)OC(C)(C)C)c1[N+](=O)[O-]. The maximum absolute atomic E-state index is 12.3. The summed E-state index contributed by atoms with van der Waals surface area (Å²) in [5.74, 6) is 0. The van der Waals surface area contributed by atoms with Gasteiger partial charge in [-0.2, -0.15) is 5.10 Å². The summed E-state index contributed by atoms with van der Waals surface area (Å²) in [6.45, 7) is 14.3. The number of nitro groups is 1. The minimum absolute atomic E-state index is 0.0786. The van der Waals surface area contributed by atoms with Gasteiger partial charge in [-0.15, -0.1) is 0 Å². The molecule has 0 radical (unpaired) electrons. The molecule has 0 atom stereocenters. The van der Waals surface area contributed by atoms with Crippen LogP contribution in [0.2, 0.25) is 25.7 Å². The van der Waals surface area contributed by atoms with Crippen molar-refractivity contribution in [1.29, 1.82) is 0 Å². The lowest BCUT2D eigenvalue weighted by molar-refractivity contribution is -0.384. The number of carbonyl (C=O) groups excluding carboxylic acids is 1. The molecule has 0 bridgehead atoms. The summed E-state index contributed by atoms with van der Waals surface area (Å²) in [6.07, 6.45) is -0.642. The molecule has 0 spiro atoms. The smallest absolute Gasteiger partial charge is 0.412 e. The standard InChI is InChI=1S/C21H32N4O5Si/c1-15-18(25(27)28)19(24(23-15)14-29-12-13-31(5,6)7)16-10-8-9-11-17(16)22-20(26)30-21(2,3)4/h8-11H,12-14H2,1-7H3,(H,22,26). The van der Waals surface area contributed by atoms with Crippen LogP contribution in [-0.4, -0.2) is 41.1 Å². The molecule has 31 heavy (non-hydrogen) atoms. The van der Waals surface area contributed by atoms with Gasteiger partial charge in [-0.25, -0.2) is 9.48 Å². The largest absolute Gasteiger partial charge is 0.444 e. The lowest BCUT2D eigenvalue weighted by Crippen LogP contribution is -2.27. The molecule has 9 nitrogen and oxygen atoms in total. The molecule has 0 aliphatic rings. The number of carbonyl (C=O) groups is 1. The number of nitrogens with zero attached hydrogens (tertiary/aromatic N) is 3. The Morgan fingerprint density at radius 3 is 2.48 bits per heavy atom. The van der Waals surface area contributed by atoms with E-state index in [0.717, 1.165) is 6.04 Å². The van der Waals surface area contributed by atoms with Gasteiger partial charge in [0.25, 0.3) is 0 Å². The summed E-state index contributed by atoms with van der Waals surface area (Å²) in [4.78, 5) is 23.7. The number of para-hydroxylation sites is 1. The first-order valence-corrected chi connectivity index (χ1v) is 13.9. The average Bonchev–Trinajstić information content (AvgIpc) is 2.93. The normalized spacial score (nSPS) is 12.0. The molecule has 1 N–H and O–H groups in total. The Labute approximate surface area is 183 Å². The molecule has 1 heterocycles. The minimum Gasteiger partial charge on any atom is -0.444 e. The molecule has 0 saturated heterocycles. The lowest BCUT2D eigenvalue weighted by Gasteiger charge is -2.20. The van der Waals surface area contributed by atoms with Crippen LogP contribution in [-0.2, 0) is 16.2 Å². The molecule has 0 fully saturated rings. The number of aromatic nitrogens is 2. The van der Waals surface area contributed by atoms with Crippen molar-refractivity contribution in [1.82, 2.24) is 9.78 Å². The zero-order valence-corrected chi connectivity index (χ0v) is 20.3. The Hall–Kier alpha value is -2.72. The molecule has 1 aromatic carbocycles. The van der Waals surface area contributed by atoms with Crippen LogP contribution >= 0.6 is 0 Å². The zero-order chi connectivity index (χ0) is 23.4. The fourth-order valence-corrected chi connectivity index (χ4v) is 3.65. The number of hydrogen-bond acceptors (Lipinski definition) is 6. The fraction of sp³-hybridized carbons (Fsp3) is 0.524. The number of hydrogen-bond donors (Lipinski definition) is 1. The van der Waals surface area contributed by atoms with Gasteiger partial charge in [-0.05, 0) is 39.8 Å². The van der Waals surface area contributed by atoms with Gasteiger partial charge in [0.2, 0.25) is 0 Å². The molecular weight excluding hydrogens is 416 g/mol. The van der Waals surface area contributed by atoms with Gasteiger partial charge < -0.3 is 9.47 Å². The fourth-order valence-electron chi connectivity index (χ4n) is 2.89. The molecule has 2 aromatic rings. The molecular formula is C21H32N4O5Si. The van der Waals surface area contributed by atoms with Crippen molar-refractivity contribution < 1.29 is 19.2 Å². The quantitative estimate of drug-likeness (QED) is 0.250. The topological polar surface area (TPSA) is 109 Å². The number of rotatable bonds is 8. The second-order valence-corrected chi connectivity index (χ2v) is 15.2. The summed E-state index contributed by atoms with van der Waals surface area (Å²) in [6, 6.07) is 7.83. The van der Waals surface area contributed by atoms with Gasteiger partial charge >= 0.3 is 11.8 Å². The third-order valence-corrected chi connectivity index (χ3v) is 6.01. The van der Waals surface area contributed by atoms with E-state index in [1.54, 1.807) is 52.0 Å². The van der Waals surface area contributed by atoms with Gasteiger partial charge in [0.05, 0.1) is 10.6 Å². The molecule has 2 rings (SSSR count). The number of aryl methyl sites for hydroxylation is 1. The van der Waals surface area contributed by atoms with E-state index in [1.165, 1.54) is 4.68 Å². The third kappa shape index (κ3) is 7.18. The van der Waals surface area contributed by atoms with Crippen molar-refractivity contribution in [2.45, 2.75) is 65.7 Å². The summed E-state index contributed by atoms with van der Waals surface area (Å²) in [5.41, 5.74) is 0.626. The second-order valence-electron chi connectivity index (χ2n) is 9.56. The van der Waals surface area contributed by atoms with Gasteiger partial charge in [0, 0.05) is 20.2 Å². The predicted octanol–water partition coefficient (Wildman–Crippen LogP) is 5.43. The van der Waals surface area contributed by atoms with Crippen molar-refractivity contribution in [3.05, 3.63) is 40.1 Å². The Bertz CT molecular complexity index is 944. The number of anilines is 1. The highest BCUT2D eigenvalue weighted by molar-refractivity contribution is 6.76. The summed E-state index contributed by atoms with van der Waals surface area (Å²) < 4.78 is 12.6. The van der Waals surface area contributed by atoms with Crippen LogP contribution in [0.3, 0.4) is 0 Å². The van der Waals surface area contributed by atoms with Crippen LogP contribution in [0.1, 0.15) is 26.5 Å². The van der Waals surface area contributed by atoms with E-state index in [4.69, 9.17) is 9.47 Å². The molecule has 1 aromatic heterocycles. The Kier molecular flexibility index (Phi) is 7.61. The second kappa shape index (κ2) is 9.61. The maximum Gasteiger partial charge on any atom is 0.412 e. The van der Waals surface area contributed by atoms with E-state index in [2.05, 4.69) is 30.1 Å². The van der Waals surface area contributed by atoms with Gasteiger partial charge in [0.15, 0.2) is 5.69 Å². The molecule has 170 valence electrons. The summed E-state index contributed by atoms with van der Waals surface area (Å²) >= 11 is 0. The first kappa shape index (κ1) is 24.5. The van der Waals surface area contributed by atoms with Crippen LogP contribution in [0, 0.1) is 17.0 Å². The Morgan fingerprint density at radius 1 is 1.26 bits per heavy atom. The third-order valence-electron chi connectivity index (χ3n) is 4.31. The maximum atomic E-state index is 12.3. The van der Waals surface area contributed by atoms with E-state index >= 15 is 0 Å². The average molecular weight is 449 g/mol. The minimum atomic E-state index is -1.27. The highest BCUT2D eigenvalue weighted by atomic mass is 28.3. The van der Waals surface area contributed by atoms with Crippen molar-refractivity contribution in [2.75, 3.05) is 11.9 Å². The monoisotopic (exact) mass is 448 g/mol. The number of amides is 1. The lowest BCUT2D eigenvalue weighted by atomic mass is 10.1.